The first-order valence-electron chi connectivity index (χ1n) is 1.89. The second kappa shape index (κ2) is 1.70. The summed E-state index contributed by atoms with van der Waals surface area (Å²) in [5.74, 6) is 0. The van der Waals surface area contributed by atoms with Gasteiger partial charge in [-0.3, -0.25) is 5.01 Å². The number of halogens is 1. The van der Waals surface area contributed by atoms with Crippen molar-refractivity contribution in [1.29, 1.82) is 0 Å². The van der Waals surface area contributed by atoms with Crippen molar-refractivity contribution in [3.63, 3.8) is 0 Å². The molecule has 1 atom stereocenters. The number of hydrazone groups is 1. The Morgan fingerprint density at radius 3 is 2.71 bits per heavy atom. The van der Waals surface area contributed by atoms with Crippen LogP contribution in [0.4, 0.5) is 0 Å². The molecule has 7 heavy (non-hydrogen) atoms. The summed E-state index contributed by atoms with van der Waals surface area (Å²) < 4.78 is 0. The average Bonchev–Trinajstić information content (AvgIpc) is 1.87. The molecule has 1 aliphatic rings. The molecule has 2 nitrogen and oxygen atoms in total. The van der Waals surface area contributed by atoms with Crippen LogP contribution in [0.2, 0.25) is 0 Å². The molecule has 0 aromatic carbocycles. The number of hydrogen-bond donors (Lipinski definition) is 0. The Labute approximate surface area is 47.8 Å². The molecule has 37 valence electrons. The number of alkyl halides is 1. The summed E-state index contributed by atoms with van der Waals surface area (Å²) in [5.41, 5.74) is 0. The van der Waals surface area contributed by atoms with Crippen LogP contribution in [0.25, 0.3) is 0 Å². The van der Waals surface area contributed by atoms with Crippen molar-refractivity contribution in [2.24, 2.45) is 5.10 Å². The molecule has 0 aliphatic carbocycles. The summed E-state index contributed by atoms with van der Waals surface area (Å²) in [6.07, 6.45) is 2.57. The highest BCUT2D eigenvalue weighted by Gasteiger charge is 2.12. The van der Waals surface area contributed by atoms with Crippen molar-refractivity contribution < 1.29 is 0 Å². The van der Waals surface area contributed by atoms with E-state index in [2.05, 4.69) is 17.9 Å². The molecule has 0 aromatic rings. The average molecular weight is 116 g/mol. The molecule has 0 fully saturated rings. The van der Waals surface area contributed by atoms with E-state index in [1.54, 1.807) is 7.05 Å². The van der Waals surface area contributed by atoms with Crippen molar-refractivity contribution in [1.82, 2.24) is 5.01 Å². The molecular formula is C4H4ClN2. The fourth-order valence-electron chi connectivity index (χ4n) is 0.359. The van der Waals surface area contributed by atoms with Gasteiger partial charge in [-0.25, -0.2) is 0 Å². The monoisotopic (exact) mass is 115 g/mol. The molecule has 0 saturated heterocycles. The zero-order valence-electron chi connectivity index (χ0n) is 3.85. The number of hydrogen-bond acceptors (Lipinski definition) is 2. The molecule has 0 spiro atoms. The largest absolute Gasteiger partial charge is 0.286 e. The summed E-state index contributed by atoms with van der Waals surface area (Å²) in [7, 11) is 1.76. The van der Waals surface area contributed by atoms with Crippen molar-refractivity contribution >= 4 is 17.8 Å². The van der Waals surface area contributed by atoms with Gasteiger partial charge in [0.2, 0.25) is 0 Å². The van der Waals surface area contributed by atoms with Gasteiger partial charge in [0.1, 0.15) is 18.1 Å². The van der Waals surface area contributed by atoms with Crippen LogP contribution in [0.3, 0.4) is 0 Å². The lowest BCUT2D eigenvalue weighted by molar-refractivity contribution is 0.458. The first-order chi connectivity index (χ1) is 3.29. The first kappa shape index (κ1) is 4.91. The third-order valence-corrected chi connectivity index (χ3v) is 0.816. The van der Waals surface area contributed by atoms with Gasteiger partial charge in [-0.05, 0) is 0 Å². The highest BCUT2D eigenvalue weighted by Crippen LogP contribution is 2.07. The van der Waals surface area contributed by atoms with Gasteiger partial charge in [0.05, 0.1) is 0 Å². The standard InChI is InChI=1S/C4H4ClN2/c1-7-3-4(5)2-6-7/h4H,1H3. The zero-order valence-corrected chi connectivity index (χ0v) is 4.61. The Morgan fingerprint density at radius 1 is 1.86 bits per heavy atom. The third kappa shape index (κ3) is 1.06. The van der Waals surface area contributed by atoms with Gasteiger partial charge in [-0.2, -0.15) is 5.10 Å². The molecule has 3 heteroatoms. The summed E-state index contributed by atoms with van der Waals surface area (Å²) in [6, 6.07) is 0. The minimum Gasteiger partial charge on any atom is -0.286 e. The lowest BCUT2D eigenvalue weighted by Crippen LogP contribution is -2.04. The Hall–Kier alpha value is -0.240. The van der Waals surface area contributed by atoms with Gasteiger partial charge < -0.3 is 0 Å². The smallest absolute Gasteiger partial charge is 0.138 e. The quantitative estimate of drug-likeness (QED) is 0.419. The zero-order chi connectivity index (χ0) is 5.28. The van der Waals surface area contributed by atoms with Gasteiger partial charge in [0.25, 0.3) is 0 Å². The van der Waals surface area contributed by atoms with Crippen LogP contribution in [-0.4, -0.2) is 23.6 Å². The second-order valence-corrected chi connectivity index (χ2v) is 1.68. The molecule has 1 rings (SSSR count). The molecule has 1 heterocycles. The van der Waals surface area contributed by atoms with Crippen LogP contribution in [0.5, 0.6) is 0 Å². The highest BCUT2D eigenvalue weighted by atomic mass is 35.5. The van der Waals surface area contributed by atoms with Gasteiger partial charge in [-0.15, -0.1) is 11.6 Å². The maximum Gasteiger partial charge on any atom is 0.138 e. The molecule has 0 bridgehead atoms. The Balaban J connectivity index is 2.42. The van der Waals surface area contributed by atoms with Crippen molar-refractivity contribution in [2.75, 3.05) is 7.05 Å². The van der Waals surface area contributed by atoms with Gasteiger partial charge in [0, 0.05) is 7.05 Å². The molecule has 1 unspecified atom stereocenters. The Morgan fingerprint density at radius 2 is 2.57 bits per heavy atom. The molecule has 1 aliphatic heterocycles. The van der Waals surface area contributed by atoms with Gasteiger partial charge >= 0.3 is 0 Å². The van der Waals surface area contributed by atoms with Gasteiger partial charge in [0.15, 0.2) is 0 Å². The van der Waals surface area contributed by atoms with Gasteiger partial charge in [-0.1, -0.05) is 0 Å². The summed E-state index contributed by atoms with van der Waals surface area (Å²) >= 11 is 5.45. The SMILES string of the molecule is CN1[C]C(Cl)[C]=N1. The van der Waals surface area contributed by atoms with Crippen molar-refractivity contribution in [3.05, 3.63) is 6.54 Å². The van der Waals surface area contributed by atoms with Crippen molar-refractivity contribution in [3.8, 4) is 0 Å². The second-order valence-electron chi connectivity index (χ2n) is 1.24. The van der Waals surface area contributed by atoms with E-state index in [1.165, 1.54) is 5.01 Å². The molecule has 0 N–H and O–H groups in total. The third-order valence-electron chi connectivity index (χ3n) is 0.621. The minimum absolute atomic E-state index is 0.245. The summed E-state index contributed by atoms with van der Waals surface area (Å²) in [6.45, 7) is 2.74. The topological polar surface area (TPSA) is 15.6 Å². The Bertz CT molecular complexity index is 81.7. The van der Waals surface area contributed by atoms with E-state index >= 15 is 0 Å². The van der Waals surface area contributed by atoms with E-state index in [4.69, 9.17) is 11.6 Å². The first-order valence-corrected chi connectivity index (χ1v) is 2.33. The van der Waals surface area contributed by atoms with Crippen molar-refractivity contribution in [2.45, 2.75) is 5.38 Å². The summed E-state index contributed by atoms with van der Waals surface area (Å²) in [5, 5.41) is 4.92. The normalized spacial score (nSPS) is 29.4. The number of rotatable bonds is 0. The maximum absolute atomic E-state index is 5.45. The van der Waals surface area contributed by atoms with E-state index in [9.17, 15) is 0 Å². The van der Waals surface area contributed by atoms with E-state index in [0.717, 1.165) is 0 Å². The predicted molar refractivity (Wildman–Crippen MR) is 28.1 cm³/mol. The molecule has 0 aromatic heterocycles. The predicted octanol–water partition coefficient (Wildman–Crippen LogP) is 0.441. The fourth-order valence-corrected chi connectivity index (χ4v) is 0.544. The van der Waals surface area contributed by atoms with E-state index in [0.29, 0.717) is 0 Å². The van der Waals surface area contributed by atoms with E-state index in [1.807, 2.05) is 0 Å². The van der Waals surface area contributed by atoms with Crippen LogP contribution in [0.15, 0.2) is 5.10 Å². The minimum atomic E-state index is -0.245. The van der Waals surface area contributed by atoms with Crippen LogP contribution < -0.4 is 0 Å². The fraction of sp³-hybridized carbons (Fsp3) is 0.500. The number of nitrogens with zero attached hydrogens (tertiary/aromatic N) is 2. The molecular weight excluding hydrogens is 112 g/mol. The van der Waals surface area contributed by atoms with Crippen LogP contribution in [0.1, 0.15) is 0 Å². The molecule has 3 radical (unpaired) electrons. The van der Waals surface area contributed by atoms with E-state index in [-0.39, 0.29) is 5.38 Å². The Kier molecular flexibility index (Phi) is 1.19. The van der Waals surface area contributed by atoms with Crippen LogP contribution in [-0.2, 0) is 0 Å². The summed E-state index contributed by atoms with van der Waals surface area (Å²) in [4.78, 5) is 0. The molecule has 0 saturated carbocycles. The molecule has 0 amide bonds. The van der Waals surface area contributed by atoms with Crippen LogP contribution in [0, 0.1) is 6.54 Å². The highest BCUT2D eigenvalue weighted by molar-refractivity contribution is 6.29. The maximum atomic E-state index is 5.45. The van der Waals surface area contributed by atoms with E-state index < -0.39 is 0 Å². The lowest BCUT2D eigenvalue weighted by Gasteiger charge is -2.00. The van der Waals surface area contributed by atoms with Crippen LogP contribution >= 0.6 is 11.6 Å². The lowest BCUT2D eigenvalue weighted by atomic mass is 10.5.